The Bertz CT molecular complexity index is 796. The summed E-state index contributed by atoms with van der Waals surface area (Å²) in [6, 6.07) is 9.28. The van der Waals surface area contributed by atoms with Crippen molar-refractivity contribution in [2.24, 2.45) is 0 Å². The van der Waals surface area contributed by atoms with E-state index < -0.39 is 29.6 Å². The van der Waals surface area contributed by atoms with Gasteiger partial charge in [-0.2, -0.15) is 0 Å². The lowest BCUT2D eigenvalue weighted by Crippen LogP contribution is -2.31. The number of esters is 1. The van der Waals surface area contributed by atoms with Gasteiger partial charge in [0.2, 0.25) is 5.91 Å². The number of hydrogen-bond donors (Lipinski definition) is 2. The number of carbonyl (C=O) groups is 2. The number of benzene rings is 2. The van der Waals surface area contributed by atoms with Gasteiger partial charge in [-0.3, -0.25) is 4.79 Å². The van der Waals surface area contributed by atoms with E-state index >= 15 is 0 Å². The molecule has 0 aliphatic rings. The topological polar surface area (TPSA) is 67.4 Å². The van der Waals surface area contributed by atoms with Gasteiger partial charge in [0.25, 0.3) is 0 Å². The van der Waals surface area contributed by atoms with Gasteiger partial charge in [0, 0.05) is 17.7 Å². The third kappa shape index (κ3) is 5.10. The van der Waals surface area contributed by atoms with Crippen LogP contribution in [0.1, 0.15) is 35.8 Å². The van der Waals surface area contributed by atoms with Crippen LogP contribution in [0, 0.1) is 11.6 Å². The van der Waals surface area contributed by atoms with E-state index in [1.165, 1.54) is 6.07 Å². The van der Waals surface area contributed by atoms with Gasteiger partial charge in [-0.25, -0.2) is 13.6 Å². The molecule has 0 heterocycles. The zero-order chi connectivity index (χ0) is 19.1. The van der Waals surface area contributed by atoms with Crippen molar-refractivity contribution >= 4 is 17.6 Å². The lowest BCUT2D eigenvalue weighted by Gasteiger charge is -2.15. The molecule has 2 aromatic rings. The summed E-state index contributed by atoms with van der Waals surface area (Å²) < 4.78 is 31.7. The van der Waals surface area contributed by atoms with Gasteiger partial charge in [0.15, 0.2) is 0 Å². The maximum Gasteiger partial charge on any atom is 0.340 e. The Morgan fingerprint density at radius 3 is 2.58 bits per heavy atom. The maximum atomic E-state index is 13.8. The molecule has 0 fully saturated rings. The van der Waals surface area contributed by atoms with Crippen LogP contribution in [0.5, 0.6) is 0 Å². The highest BCUT2D eigenvalue weighted by Crippen LogP contribution is 2.18. The van der Waals surface area contributed by atoms with E-state index in [1.54, 1.807) is 38.1 Å². The molecule has 2 aromatic carbocycles. The summed E-state index contributed by atoms with van der Waals surface area (Å²) in [7, 11) is 0. The second-order valence-electron chi connectivity index (χ2n) is 5.58. The van der Waals surface area contributed by atoms with Crippen molar-refractivity contribution in [1.29, 1.82) is 0 Å². The highest BCUT2D eigenvalue weighted by Gasteiger charge is 2.16. The van der Waals surface area contributed by atoms with Crippen molar-refractivity contribution < 1.29 is 23.1 Å². The standard InChI is InChI=1S/C19H20F2N2O3/c1-3-26-19(25)15-6-4-5-7-17(15)23-18(24)11-22-12(2)14-9-8-13(20)10-16(14)21/h4-10,12,22H,3,11H2,1-2H3,(H,23,24)/t12-/m0/s1. The first-order chi connectivity index (χ1) is 12.4. The summed E-state index contributed by atoms with van der Waals surface area (Å²) in [6.45, 7) is 3.47. The molecule has 0 saturated carbocycles. The minimum Gasteiger partial charge on any atom is -0.462 e. The number of amides is 1. The van der Waals surface area contributed by atoms with Crippen LogP contribution in [0.15, 0.2) is 42.5 Å². The molecule has 0 saturated heterocycles. The van der Waals surface area contributed by atoms with Crippen LogP contribution in [0.3, 0.4) is 0 Å². The zero-order valence-electron chi connectivity index (χ0n) is 14.5. The van der Waals surface area contributed by atoms with Crippen LogP contribution in [0.4, 0.5) is 14.5 Å². The average Bonchev–Trinajstić information content (AvgIpc) is 2.60. The first-order valence-electron chi connectivity index (χ1n) is 8.16. The minimum atomic E-state index is -0.682. The van der Waals surface area contributed by atoms with Gasteiger partial charge in [-0.15, -0.1) is 0 Å². The normalized spacial score (nSPS) is 11.7. The largest absolute Gasteiger partial charge is 0.462 e. The van der Waals surface area contributed by atoms with Gasteiger partial charge in [0.05, 0.1) is 24.4 Å². The molecule has 138 valence electrons. The summed E-state index contributed by atoms with van der Waals surface area (Å²) in [6.07, 6.45) is 0. The molecule has 2 N–H and O–H groups in total. The van der Waals surface area contributed by atoms with Crippen LogP contribution in [-0.4, -0.2) is 25.0 Å². The van der Waals surface area contributed by atoms with Crippen LogP contribution in [0.2, 0.25) is 0 Å². The molecule has 1 atom stereocenters. The van der Waals surface area contributed by atoms with Crippen molar-refractivity contribution in [1.82, 2.24) is 5.32 Å². The fourth-order valence-electron chi connectivity index (χ4n) is 2.38. The zero-order valence-corrected chi connectivity index (χ0v) is 14.5. The molecule has 7 heteroatoms. The molecule has 26 heavy (non-hydrogen) atoms. The third-order valence-electron chi connectivity index (χ3n) is 3.69. The second kappa shape index (κ2) is 9.05. The quantitative estimate of drug-likeness (QED) is 0.741. The van der Waals surface area contributed by atoms with Crippen molar-refractivity contribution in [3.63, 3.8) is 0 Å². The lowest BCUT2D eigenvalue weighted by atomic mass is 10.1. The molecule has 2 rings (SSSR count). The highest BCUT2D eigenvalue weighted by molar-refractivity contribution is 6.01. The Kier molecular flexibility index (Phi) is 6.80. The predicted octanol–water partition coefficient (Wildman–Crippen LogP) is 3.43. The van der Waals surface area contributed by atoms with Crippen molar-refractivity contribution in [3.05, 3.63) is 65.2 Å². The summed E-state index contributed by atoms with van der Waals surface area (Å²) in [5, 5.41) is 5.49. The average molecular weight is 362 g/mol. The molecule has 0 radical (unpaired) electrons. The van der Waals surface area contributed by atoms with Gasteiger partial charge >= 0.3 is 5.97 Å². The number of carbonyl (C=O) groups excluding carboxylic acids is 2. The molecule has 5 nitrogen and oxygen atoms in total. The molecule has 1 amide bonds. The van der Waals surface area contributed by atoms with E-state index in [4.69, 9.17) is 4.74 Å². The first kappa shape index (κ1) is 19.5. The number of para-hydroxylation sites is 1. The van der Waals surface area contributed by atoms with Crippen LogP contribution >= 0.6 is 0 Å². The highest BCUT2D eigenvalue weighted by atomic mass is 19.1. The number of hydrogen-bond acceptors (Lipinski definition) is 4. The van der Waals surface area contributed by atoms with E-state index in [9.17, 15) is 18.4 Å². The first-order valence-corrected chi connectivity index (χ1v) is 8.16. The Labute approximate surface area is 150 Å². The Morgan fingerprint density at radius 1 is 1.15 bits per heavy atom. The third-order valence-corrected chi connectivity index (χ3v) is 3.69. The lowest BCUT2D eigenvalue weighted by molar-refractivity contribution is -0.115. The molecular weight excluding hydrogens is 342 g/mol. The predicted molar refractivity (Wildman–Crippen MR) is 93.8 cm³/mol. The number of nitrogens with one attached hydrogen (secondary N) is 2. The summed E-state index contributed by atoms with van der Waals surface area (Å²) >= 11 is 0. The molecule has 0 aromatic heterocycles. The van der Waals surface area contributed by atoms with Crippen molar-refractivity contribution in [2.75, 3.05) is 18.5 Å². The minimum absolute atomic E-state index is 0.116. The van der Waals surface area contributed by atoms with Crippen LogP contribution < -0.4 is 10.6 Å². The van der Waals surface area contributed by atoms with Crippen LogP contribution in [-0.2, 0) is 9.53 Å². The second-order valence-corrected chi connectivity index (χ2v) is 5.58. The number of anilines is 1. The maximum absolute atomic E-state index is 13.8. The summed E-state index contributed by atoms with van der Waals surface area (Å²) in [5.74, 6) is -2.28. The van der Waals surface area contributed by atoms with Gasteiger partial charge < -0.3 is 15.4 Å². The molecule has 0 aliphatic carbocycles. The van der Waals surface area contributed by atoms with E-state index in [0.717, 1.165) is 12.1 Å². The van der Waals surface area contributed by atoms with Crippen molar-refractivity contribution in [2.45, 2.75) is 19.9 Å². The van der Waals surface area contributed by atoms with Crippen molar-refractivity contribution in [3.8, 4) is 0 Å². The van der Waals surface area contributed by atoms with E-state index in [-0.39, 0.29) is 24.3 Å². The summed E-state index contributed by atoms with van der Waals surface area (Å²) in [4.78, 5) is 24.0. The molecule has 0 bridgehead atoms. The fourth-order valence-corrected chi connectivity index (χ4v) is 2.38. The SMILES string of the molecule is CCOC(=O)c1ccccc1NC(=O)CN[C@@H](C)c1ccc(F)cc1F. The number of rotatable bonds is 7. The number of ether oxygens (including phenoxy) is 1. The van der Waals surface area contributed by atoms with E-state index in [2.05, 4.69) is 10.6 Å². The Morgan fingerprint density at radius 2 is 1.88 bits per heavy atom. The molecule has 0 spiro atoms. The Balaban J connectivity index is 1.98. The van der Waals surface area contributed by atoms with E-state index in [0.29, 0.717) is 5.69 Å². The van der Waals surface area contributed by atoms with Gasteiger partial charge in [-0.05, 0) is 32.0 Å². The number of halogens is 2. The Hall–Kier alpha value is -2.80. The van der Waals surface area contributed by atoms with E-state index in [1.807, 2.05) is 0 Å². The fraction of sp³-hybridized carbons (Fsp3) is 0.263. The molecule has 0 unspecified atom stereocenters. The molecular formula is C19H20F2N2O3. The molecule has 0 aliphatic heterocycles. The van der Waals surface area contributed by atoms with Crippen LogP contribution in [0.25, 0.3) is 0 Å². The van der Waals surface area contributed by atoms with Gasteiger partial charge in [-0.1, -0.05) is 18.2 Å². The summed E-state index contributed by atoms with van der Waals surface area (Å²) in [5.41, 5.74) is 0.838. The monoisotopic (exact) mass is 362 g/mol. The van der Waals surface area contributed by atoms with Gasteiger partial charge in [0.1, 0.15) is 11.6 Å². The smallest absolute Gasteiger partial charge is 0.340 e.